The fourth-order valence-electron chi connectivity index (χ4n) is 2.55. The molecule has 1 amide bonds. The zero-order valence-electron chi connectivity index (χ0n) is 11.1. The summed E-state index contributed by atoms with van der Waals surface area (Å²) in [6.07, 6.45) is -4.35. The van der Waals surface area contributed by atoms with E-state index in [2.05, 4.69) is 0 Å². The van der Waals surface area contributed by atoms with Gasteiger partial charge in [0.05, 0.1) is 0 Å². The van der Waals surface area contributed by atoms with Crippen molar-refractivity contribution in [3.05, 3.63) is 29.8 Å². The highest BCUT2D eigenvalue weighted by molar-refractivity contribution is 5.98. The molecule has 0 spiro atoms. The van der Waals surface area contributed by atoms with Crippen LogP contribution in [0, 0.1) is 5.92 Å². The van der Waals surface area contributed by atoms with Crippen molar-refractivity contribution in [3.8, 4) is 0 Å². The van der Waals surface area contributed by atoms with E-state index in [9.17, 15) is 22.8 Å². The molecule has 1 aliphatic heterocycles. The summed E-state index contributed by atoms with van der Waals surface area (Å²) >= 11 is 0. The first kappa shape index (κ1) is 15.3. The van der Waals surface area contributed by atoms with Crippen LogP contribution in [0.4, 0.5) is 18.9 Å². The Morgan fingerprint density at radius 3 is 2.57 bits per heavy atom. The number of hydrogen-bond donors (Lipinski definition) is 1. The molecule has 0 radical (unpaired) electrons. The molecule has 1 unspecified atom stereocenters. The molecule has 0 aliphatic carbocycles. The number of carbonyl (C=O) groups excluding carboxylic acids is 1. The molecule has 0 fully saturated rings. The third-order valence-electron chi connectivity index (χ3n) is 3.49. The number of carboxylic acids is 1. The number of rotatable bonds is 3. The van der Waals surface area contributed by atoms with Crippen molar-refractivity contribution in [3.63, 3.8) is 0 Å². The zero-order valence-corrected chi connectivity index (χ0v) is 11.1. The number of fused-ring (bicyclic) bond motifs is 1. The van der Waals surface area contributed by atoms with E-state index >= 15 is 0 Å². The van der Waals surface area contributed by atoms with Crippen LogP contribution >= 0.6 is 0 Å². The van der Waals surface area contributed by atoms with E-state index in [4.69, 9.17) is 5.11 Å². The molecule has 0 saturated heterocycles. The van der Waals surface area contributed by atoms with Gasteiger partial charge in [-0.2, -0.15) is 13.2 Å². The number of nitrogens with zero attached hydrogens (tertiary/aromatic N) is 1. The maximum absolute atomic E-state index is 12.7. The van der Waals surface area contributed by atoms with Crippen LogP contribution in [-0.4, -0.2) is 29.7 Å². The molecule has 1 N–H and O–H groups in total. The van der Waals surface area contributed by atoms with Gasteiger partial charge in [0, 0.05) is 18.7 Å². The molecule has 2 rings (SSSR count). The van der Waals surface area contributed by atoms with Crippen molar-refractivity contribution in [2.75, 3.05) is 11.4 Å². The number of carbonyl (C=O) groups is 2. The zero-order chi connectivity index (χ0) is 15.6. The van der Waals surface area contributed by atoms with Crippen molar-refractivity contribution < 1.29 is 27.9 Å². The average molecular weight is 301 g/mol. The largest absolute Gasteiger partial charge is 0.481 e. The first-order chi connectivity index (χ1) is 9.79. The Bertz CT molecular complexity index is 557. The maximum Gasteiger partial charge on any atom is 0.471 e. The van der Waals surface area contributed by atoms with Gasteiger partial charge in [-0.15, -0.1) is 0 Å². The number of alkyl halides is 3. The van der Waals surface area contributed by atoms with Crippen molar-refractivity contribution in [2.45, 2.75) is 25.4 Å². The quantitative estimate of drug-likeness (QED) is 0.933. The van der Waals surface area contributed by atoms with Crippen LogP contribution in [-0.2, 0) is 16.0 Å². The molecule has 1 aromatic rings. The Labute approximate surface area is 119 Å². The predicted molar refractivity (Wildman–Crippen MR) is 68.9 cm³/mol. The minimum absolute atomic E-state index is 0.108. The standard InChI is InChI=1S/C14H14F3NO3/c15-14(16,17)13(21)18-8-9(5-6-12(19)20)7-10-3-1-2-4-11(10)18/h1-4,9H,5-8H2,(H,19,20). The molecular formula is C14H14F3NO3. The van der Waals surface area contributed by atoms with Gasteiger partial charge in [-0.25, -0.2) is 0 Å². The van der Waals surface area contributed by atoms with E-state index < -0.39 is 18.1 Å². The molecule has 0 saturated carbocycles. The Morgan fingerprint density at radius 1 is 1.29 bits per heavy atom. The lowest BCUT2D eigenvalue weighted by Gasteiger charge is -2.34. The van der Waals surface area contributed by atoms with E-state index in [-0.39, 0.29) is 31.0 Å². The number of amides is 1. The van der Waals surface area contributed by atoms with Gasteiger partial charge in [0.25, 0.3) is 0 Å². The van der Waals surface area contributed by atoms with Crippen LogP contribution in [0.1, 0.15) is 18.4 Å². The van der Waals surface area contributed by atoms with Crippen molar-refractivity contribution in [1.29, 1.82) is 0 Å². The summed E-state index contributed by atoms with van der Waals surface area (Å²) in [4.78, 5) is 22.9. The van der Waals surface area contributed by atoms with Gasteiger partial charge < -0.3 is 10.0 Å². The highest BCUT2D eigenvalue weighted by Gasteiger charge is 2.45. The maximum atomic E-state index is 12.7. The normalized spacial score (nSPS) is 18.2. The van der Waals surface area contributed by atoms with E-state index in [0.29, 0.717) is 16.9 Å². The molecule has 1 heterocycles. The van der Waals surface area contributed by atoms with E-state index in [1.807, 2.05) is 0 Å². The minimum atomic E-state index is -4.94. The average Bonchev–Trinajstić information content (AvgIpc) is 2.42. The Kier molecular flexibility index (Phi) is 4.20. The number of para-hydroxylation sites is 1. The molecule has 114 valence electrons. The minimum Gasteiger partial charge on any atom is -0.481 e. The van der Waals surface area contributed by atoms with Gasteiger partial charge in [-0.1, -0.05) is 18.2 Å². The van der Waals surface area contributed by atoms with Gasteiger partial charge in [-0.05, 0) is 30.4 Å². The monoisotopic (exact) mass is 301 g/mol. The molecule has 0 bridgehead atoms. The molecule has 0 aromatic heterocycles. The first-order valence-corrected chi connectivity index (χ1v) is 6.47. The van der Waals surface area contributed by atoms with E-state index in [1.165, 1.54) is 6.07 Å². The van der Waals surface area contributed by atoms with Gasteiger partial charge in [-0.3, -0.25) is 9.59 Å². The van der Waals surface area contributed by atoms with Crippen molar-refractivity contribution in [2.24, 2.45) is 5.92 Å². The molecule has 1 aliphatic rings. The summed E-state index contributed by atoms with van der Waals surface area (Å²) in [5.74, 6) is -3.19. The third kappa shape index (κ3) is 3.53. The Morgan fingerprint density at radius 2 is 1.95 bits per heavy atom. The van der Waals surface area contributed by atoms with Crippen LogP contribution in [0.15, 0.2) is 24.3 Å². The summed E-state index contributed by atoms with van der Waals surface area (Å²) in [7, 11) is 0. The van der Waals surface area contributed by atoms with Crippen LogP contribution in [0.5, 0.6) is 0 Å². The Balaban J connectivity index is 2.26. The second-order valence-corrected chi connectivity index (χ2v) is 5.04. The van der Waals surface area contributed by atoms with Crippen molar-refractivity contribution >= 4 is 17.6 Å². The highest BCUT2D eigenvalue weighted by Crippen LogP contribution is 2.34. The van der Waals surface area contributed by atoms with Gasteiger partial charge in [0.15, 0.2) is 0 Å². The fourth-order valence-corrected chi connectivity index (χ4v) is 2.55. The van der Waals surface area contributed by atoms with Gasteiger partial charge in [0.2, 0.25) is 0 Å². The lowest BCUT2D eigenvalue weighted by atomic mass is 9.89. The number of benzene rings is 1. The number of hydrogen-bond acceptors (Lipinski definition) is 2. The molecule has 1 aromatic carbocycles. The van der Waals surface area contributed by atoms with Gasteiger partial charge >= 0.3 is 18.1 Å². The lowest BCUT2D eigenvalue weighted by Crippen LogP contribution is -2.46. The van der Waals surface area contributed by atoms with Gasteiger partial charge in [0.1, 0.15) is 0 Å². The summed E-state index contributed by atoms with van der Waals surface area (Å²) in [5.41, 5.74) is 0.892. The molecule has 21 heavy (non-hydrogen) atoms. The third-order valence-corrected chi connectivity index (χ3v) is 3.49. The summed E-state index contributed by atoms with van der Waals surface area (Å²) in [6.45, 7) is -0.108. The number of halogens is 3. The number of anilines is 1. The second kappa shape index (κ2) is 5.75. The highest BCUT2D eigenvalue weighted by atomic mass is 19.4. The van der Waals surface area contributed by atoms with Crippen LogP contribution in [0.25, 0.3) is 0 Å². The molecule has 7 heteroatoms. The molecular weight excluding hydrogens is 287 g/mol. The first-order valence-electron chi connectivity index (χ1n) is 6.47. The summed E-state index contributed by atoms with van der Waals surface area (Å²) in [5, 5.41) is 8.68. The van der Waals surface area contributed by atoms with E-state index in [0.717, 1.165) is 0 Å². The SMILES string of the molecule is O=C(O)CCC1Cc2ccccc2N(C(=O)C(F)(F)F)C1. The summed E-state index contributed by atoms with van der Waals surface area (Å²) < 4.78 is 38.1. The summed E-state index contributed by atoms with van der Waals surface area (Å²) in [6, 6.07) is 6.41. The van der Waals surface area contributed by atoms with Crippen LogP contribution < -0.4 is 4.90 Å². The Hall–Kier alpha value is -2.05. The molecule has 1 atom stereocenters. The van der Waals surface area contributed by atoms with Crippen LogP contribution in [0.2, 0.25) is 0 Å². The van der Waals surface area contributed by atoms with Crippen molar-refractivity contribution in [1.82, 2.24) is 0 Å². The second-order valence-electron chi connectivity index (χ2n) is 5.04. The number of carboxylic acid groups (broad SMARTS) is 1. The smallest absolute Gasteiger partial charge is 0.471 e. The topological polar surface area (TPSA) is 57.6 Å². The fraction of sp³-hybridized carbons (Fsp3) is 0.429. The predicted octanol–water partition coefficient (Wildman–Crippen LogP) is 2.62. The number of aliphatic carboxylic acids is 1. The lowest BCUT2D eigenvalue weighted by molar-refractivity contribution is -0.170. The van der Waals surface area contributed by atoms with E-state index in [1.54, 1.807) is 18.2 Å². The van der Waals surface area contributed by atoms with Crippen LogP contribution in [0.3, 0.4) is 0 Å². The molecule has 4 nitrogen and oxygen atoms in total.